The second-order valence-electron chi connectivity index (χ2n) is 8.94. The maximum atomic E-state index is 12.3. The van der Waals surface area contributed by atoms with E-state index in [0.29, 0.717) is 11.3 Å². The van der Waals surface area contributed by atoms with Crippen molar-refractivity contribution in [3.8, 4) is 16.9 Å². The summed E-state index contributed by atoms with van der Waals surface area (Å²) in [7, 11) is 4.82. The number of esters is 1. The molecule has 192 valence electrons. The summed E-state index contributed by atoms with van der Waals surface area (Å²) in [4.78, 5) is 25.7. The SMILES string of the molecule is CCCCCCCCCCCCN(C)c1ccc(-c2c(C(=O)OC)cccc2[N+](=O)[O-])c(OC)c1. The molecule has 0 aliphatic rings. The molecule has 0 unspecified atom stereocenters. The maximum Gasteiger partial charge on any atom is 0.338 e. The molecule has 0 fully saturated rings. The van der Waals surface area contributed by atoms with Crippen molar-refractivity contribution < 1.29 is 19.2 Å². The molecule has 0 aromatic heterocycles. The number of carbonyl (C=O) groups is 1. The van der Waals surface area contributed by atoms with Crippen molar-refractivity contribution in [1.82, 2.24) is 0 Å². The van der Waals surface area contributed by atoms with Crippen LogP contribution in [0.3, 0.4) is 0 Å². The molecule has 0 spiro atoms. The Balaban J connectivity index is 2.04. The molecule has 0 N–H and O–H groups in total. The van der Waals surface area contributed by atoms with E-state index in [9.17, 15) is 14.9 Å². The molecule has 0 aliphatic heterocycles. The average Bonchev–Trinajstić information content (AvgIpc) is 2.88. The number of unbranched alkanes of at least 4 members (excludes halogenated alkanes) is 9. The van der Waals surface area contributed by atoms with E-state index in [1.807, 2.05) is 19.2 Å². The highest BCUT2D eigenvalue weighted by Crippen LogP contribution is 2.40. The van der Waals surface area contributed by atoms with Crippen molar-refractivity contribution in [2.45, 2.75) is 71.1 Å². The highest BCUT2D eigenvalue weighted by Gasteiger charge is 2.26. The fourth-order valence-corrected chi connectivity index (χ4v) is 4.34. The van der Waals surface area contributed by atoms with E-state index < -0.39 is 10.9 Å². The third-order valence-corrected chi connectivity index (χ3v) is 6.39. The molecular weight excluding hydrogens is 444 g/mol. The molecule has 0 saturated heterocycles. The second kappa shape index (κ2) is 15.0. The first-order chi connectivity index (χ1) is 16.9. The lowest BCUT2D eigenvalue weighted by Gasteiger charge is -2.21. The van der Waals surface area contributed by atoms with Gasteiger partial charge in [0.05, 0.1) is 30.3 Å². The van der Waals surface area contributed by atoms with Crippen molar-refractivity contribution in [3.63, 3.8) is 0 Å². The van der Waals surface area contributed by atoms with Crippen LogP contribution in [0.2, 0.25) is 0 Å². The fourth-order valence-electron chi connectivity index (χ4n) is 4.34. The number of nitrogens with zero attached hydrogens (tertiary/aromatic N) is 2. The van der Waals surface area contributed by atoms with E-state index in [4.69, 9.17) is 9.47 Å². The van der Waals surface area contributed by atoms with Crippen LogP contribution in [0.1, 0.15) is 81.5 Å². The van der Waals surface area contributed by atoms with Gasteiger partial charge in [0.15, 0.2) is 0 Å². The summed E-state index contributed by atoms with van der Waals surface area (Å²) in [6, 6.07) is 9.94. The molecule has 2 rings (SSSR count). The van der Waals surface area contributed by atoms with Gasteiger partial charge in [0.25, 0.3) is 5.69 Å². The lowest BCUT2D eigenvalue weighted by atomic mass is 9.96. The zero-order valence-corrected chi connectivity index (χ0v) is 21.7. The molecule has 0 atom stereocenters. The Morgan fingerprint density at radius 3 is 2.14 bits per heavy atom. The molecule has 0 radical (unpaired) electrons. The number of nitro groups is 1. The number of methoxy groups -OCH3 is 2. The lowest BCUT2D eigenvalue weighted by Crippen LogP contribution is -2.18. The topological polar surface area (TPSA) is 81.9 Å². The minimum absolute atomic E-state index is 0.131. The molecule has 0 amide bonds. The van der Waals surface area contributed by atoms with Gasteiger partial charge in [-0.25, -0.2) is 4.79 Å². The smallest absolute Gasteiger partial charge is 0.338 e. The number of hydrogen-bond donors (Lipinski definition) is 0. The summed E-state index contributed by atoms with van der Waals surface area (Å²) >= 11 is 0. The monoisotopic (exact) mass is 484 g/mol. The van der Waals surface area contributed by atoms with Crippen LogP contribution in [0.5, 0.6) is 5.75 Å². The Hall–Kier alpha value is -3.09. The summed E-state index contributed by atoms with van der Waals surface area (Å²) in [6.07, 6.45) is 12.9. The van der Waals surface area contributed by atoms with Gasteiger partial charge < -0.3 is 14.4 Å². The Morgan fingerprint density at radius 1 is 0.943 bits per heavy atom. The number of ether oxygens (including phenoxy) is 2. The largest absolute Gasteiger partial charge is 0.496 e. The van der Waals surface area contributed by atoms with Crippen LogP contribution >= 0.6 is 0 Å². The van der Waals surface area contributed by atoms with Crippen molar-refractivity contribution in [2.24, 2.45) is 0 Å². The fraction of sp³-hybridized carbons (Fsp3) is 0.536. The summed E-state index contributed by atoms with van der Waals surface area (Å²) in [5.74, 6) is -0.162. The molecule has 0 heterocycles. The Bertz CT molecular complexity index is 960. The van der Waals surface area contributed by atoms with E-state index >= 15 is 0 Å². The third-order valence-electron chi connectivity index (χ3n) is 6.39. The standard InChI is InChI=1S/C28H40N2O5/c1-5-6-7-8-9-10-11-12-13-14-20-29(2)22-18-19-23(26(21-22)34-3)27-24(28(31)35-4)16-15-17-25(27)30(32)33/h15-19,21H,5-14,20H2,1-4H3. The van der Waals surface area contributed by atoms with Crippen LogP contribution in [0, 0.1) is 10.1 Å². The molecule has 0 aliphatic carbocycles. The third kappa shape index (κ3) is 8.26. The van der Waals surface area contributed by atoms with Crippen molar-refractivity contribution >= 4 is 17.3 Å². The van der Waals surface area contributed by atoms with E-state index in [1.165, 1.54) is 90.2 Å². The van der Waals surface area contributed by atoms with Gasteiger partial charge in [0.1, 0.15) is 5.75 Å². The van der Waals surface area contributed by atoms with Gasteiger partial charge in [0.2, 0.25) is 0 Å². The van der Waals surface area contributed by atoms with Crippen molar-refractivity contribution in [2.75, 3.05) is 32.7 Å². The zero-order chi connectivity index (χ0) is 25.6. The first kappa shape index (κ1) is 28.1. The van der Waals surface area contributed by atoms with Gasteiger partial charge in [-0.2, -0.15) is 0 Å². The van der Waals surface area contributed by atoms with Crippen LogP contribution < -0.4 is 9.64 Å². The van der Waals surface area contributed by atoms with Gasteiger partial charge >= 0.3 is 5.97 Å². The Kier molecular flexibility index (Phi) is 12.1. The molecule has 0 saturated carbocycles. The van der Waals surface area contributed by atoms with Crippen LogP contribution in [0.15, 0.2) is 36.4 Å². The summed E-state index contributed by atoms with van der Waals surface area (Å²) in [6.45, 7) is 3.16. The van der Waals surface area contributed by atoms with E-state index in [1.54, 1.807) is 6.07 Å². The van der Waals surface area contributed by atoms with E-state index in [-0.39, 0.29) is 16.8 Å². The summed E-state index contributed by atoms with van der Waals surface area (Å²) in [5, 5.41) is 11.7. The second-order valence-corrected chi connectivity index (χ2v) is 8.94. The number of rotatable bonds is 16. The zero-order valence-electron chi connectivity index (χ0n) is 21.7. The Labute approximate surface area is 209 Å². The van der Waals surface area contributed by atoms with E-state index in [0.717, 1.165) is 18.7 Å². The van der Waals surface area contributed by atoms with E-state index in [2.05, 4.69) is 11.8 Å². The molecule has 7 nitrogen and oxygen atoms in total. The molecule has 35 heavy (non-hydrogen) atoms. The van der Waals surface area contributed by atoms with Crippen LogP contribution in [-0.2, 0) is 4.74 Å². The summed E-state index contributed by atoms with van der Waals surface area (Å²) in [5.41, 5.74) is 1.60. The minimum atomic E-state index is -0.632. The highest BCUT2D eigenvalue weighted by molar-refractivity contribution is 6.01. The van der Waals surface area contributed by atoms with Gasteiger partial charge in [-0.1, -0.05) is 70.8 Å². The summed E-state index contributed by atoms with van der Waals surface area (Å²) < 4.78 is 10.5. The molecule has 0 bridgehead atoms. The number of benzene rings is 2. The van der Waals surface area contributed by atoms with Gasteiger partial charge in [0, 0.05) is 37.0 Å². The number of nitro benzene ring substituents is 1. The molecule has 7 heteroatoms. The van der Waals surface area contributed by atoms with Crippen LogP contribution in [0.4, 0.5) is 11.4 Å². The Morgan fingerprint density at radius 2 is 1.57 bits per heavy atom. The average molecular weight is 485 g/mol. The lowest BCUT2D eigenvalue weighted by molar-refractivity contribution is -0.384. The van der Waals surface area contributed by atoms with Crippen LogP contribution in [-0.4, -0.2) is 38.7 Å². The van der Waals surface area contributed by atoms with Crippen LogP contribution in [0.25, 0.3) is 11.1 Å². The molecule has 2 aromatic rings. The van der Waals surface area contributed by atoms with Crippen molar-refractivity contribution in [1.29, 1.82) is 0 Å². The minimum Gasteiger partial charge on any atom is -0.496 e. The number of carbonyl (C=O) groups excluding carboxylic acids is 1. The maximum absolute atomic E-state index is 12.3. The predicted octanol–water partition coefficient (Wildman–Crippen LogP) is 7.41. The predicted molar refractivity (Wildman–Crippen MR) is 142 cm³/mol. The van der Waals surface area contributed by atoms with Crippen molar-refractivity contribution in [3.05, 3.63) is 52.1 Å². The molecule has 2 aromatic carbocycles. The highest BCUT2D eigenvalue weighted by atomic mass is 16.6. The normalized spacial score (nSPS) is 10.7. The van der Waals surface area contributed by atoms with Gasteiger partial charge in [-0.3, -0.25) is 10.1 Å². The first-order valence-electron chi connectivity index (χ1n) is 12.7. The van der Waals surface area contributed by atoms with Gasteiger partial charge in [-0.15, -0.1) is 0 Å². The first-order valence-corrected chi connectivity index (χ1v) is 12.7. The number of hydrogen-bond acceptors (Lipinski definition) is 6. The quantitative estimate of drug-likeness (QED) is 0.107. The van der Waals surface area contributed by atoms with Gasteiger partial charge in [-0.05, 0) is 24.6 Å². The number of anilines is 1. The molecular formula is C28H40N2O5.